The van der Waals surface area contributed by atoms with Gasteiger partial charge in [-0.15, -0.1) is 0 Å². The van der Waals surface area contributed by atoms with Crippen molar-refractivity contribution in [2.45, 2.75) is 6.42 Å². The molecule has 0 fully saturated rings. The van der Waals surface area contributed by atoms with Crippen molar-refractivity contribution in [3.05, 3.63) is 172 Å². The van der Waals surface area contributed by atoms with E-state index >= 15 is 0 Å². The third kappa shape index (κ3) is 6.30. The summed E-state index contributed by atoms with van der Waals surface area (Å²) in [6.07, 6.45) is 1.07. The lowest BCUT2D eigenvalue weighted by Crippen LogP contribution is -2.09. The minimum atomic E-state index is 0.780. The Labute approximate surface area is 258 Å². The fourth-order valence-corrected chi connectivity index (χ4v) is 6.18. The minimum absolute atomic E-state index is 0.780. The van der Waals surface area contributed by atoms with E-state index in [0.717, 1.165) is 39.5 Å². The summed E-state index contributed by atoms with van der Waals surface area (Å²) in [6, 6.07) is 51.6. The first-order chi connectivity index (χ1) is 20.2. The Morgan fingerprint density at radius 2 is 1.07 bits per heavy atom. The van der Waals surface area contributed by atoms with Gasteiger partial charge >= 0.3 is 0 Å². The standard InChI is InChI=1S/C24H18BrNO.C13H9Br/c25-19-16-22(18-24(17-19)27-23-14-8-3-9-15-23)26(20-10-4-1-5-11-20)21-12-6-2-7-13-21;14-12-7-3-5-10-8-9-4-1-2-6-11(9)13(10)12/h1-18H;1-7H,8H2. The molecule has 1 aliphatic carbocycles. The maximum absolute atomic E-state index is 6.07. The Morgan fingerprint density at radius 1 is 0.488 bits per heavy atom. The van der Waals surface area contributed by atoms with Gasteiger partial charge in [0.25, 0.3) is 0 Å². The van der Waals surface area contributed by atoms with Crippen LogP contribution in [0.3, 0.4) is 0 Å². The number of halogens is 2. The van der Waals surface area contributed by atoms with Gasteiger partial charge in [0.1, 0.15) is 11.5 Å². The second-order valence-electron chi connectivity index (χ2n) is 9.67. The minimum Gasteiger partial charge on any atom is -0.457 e. The molecule has 6 aromatic rings. The number of rotatable bonds is 5. The topological polar surface area (TPSA) is 12.5 Å². The Balaban J connectivity index is 0.000000180. The highest BCUT2D eigenvalue weighted by atomic mass is 79.9. The van der Waals surface area contributed by atoms with Crippen molar-refractivity contribution < 1.29 is 4.74 Å². The third-order valence-electron chi connectivity index (χ3n) is 6.89. The highest BCUT2D eigenvalue weighted by molar-refractivity contribution is 9.10. The van der Waals surface area contributed by atoms with Crippen molar-refractivity contribution in [1.29, 1.82) is 0 Å². The lowest BCUT2D eigenvalue weighted by Gasteiger charge is -2.26. The molecule has 41 heavy (non-hydrogen) atoms. The van der Waals surface area contributed by atoms with Crippen molar-refractivity contribution in [1.82, 2.24) is 0 Å². The van der Waals surface area contributed by atoms with E-state index in [-0.39, 0.29) is 0 Å². The molecule has 6 aromatic carbocycles. The van der Waals surface area contributed by atoms with Gasteiger partial charge in [-0.1, -0.05) is 123 Å². The van der Waals surface area contributed by atoms with Crippen LogP contribution in [-0.4, -0.2) is 0 Å². The van der Waals surface area contributed by atoms with Crippen molar-refractivity contribution in [2.75, 3.05) is 4.90 Å². The first-order valence-electron chi connectivity index (χ1n) is 13.4. The number of benzene rings is 6. The van der Waals surface area contributed by atoms with E-state index in [1.54, 1.807) is 0 Å². The summed E-state index contributed by atoms with van der Waals surface area (Å²) in [7, 11) is 0. The molecule has 0 saturated carbocycles. The van der Waals surface area contributed by atoms with E-state index < -0.39 is 0 Å². The molecule has 4 heteroatoms. The van der Waals surface area contributed by atoms with E-state index in [4.69, 9.17) is 4.74 Å². The van der Waals surface area contributed by atoms with Crippen LogP contribution in [0.2, 0.25) is 0 Å². The number of anilines is 3. The van der Waals surface area contributed by atoms with Crippen LogP contribution in [0.1, 0.15) is 11.1 Å². The monoisotopic (exact) mass is 659 g/mol. The molecular formula is C37H27Br2NO. The van der Waals surface area contributed by atoms with Crippen LogP contribution in [-0.2, 0) is 6.42 Å². The highest BCUT2D eigenvalue weighted by Crippen LogP contribution is 2.41. The Kier molecular flexibility index (Phi) is 8.31. The van der Waals surface area contributed by atoms with Crippen LogP contribution < -0.4 is 9.64 Å². The molecular weight excluding hydrogens is 634 g/mol. The van der Waals surface area contributed by atoms with Gasteiger partial charge in [-0.2, -0.15) is 0 Å². The van der Waals surface area contributed by atoms with Crippen molar-refractivity contribution in [3.63, 3.8) is 0 Å². The van der Waals surface area contributed by atoms with E-state index in [9.17, 15) is 0 Å². The van der Waals surface area contributed by atoms with Crippen LogP contribution in [0, 0.1) is 0 Å². The first-order valence-corrected chi connectivity index (χ1v) is 15.0. The highest BCUT2D eigenvalue weighted by Gasteiger charge is 2.19. The molecule has 0 N–H and O–H groups in total. The Morgan fingerprint density at radius 3 is 1.76 bits per heavy atom. The van der Waals surface area contributed by atoms with E-state index in [1.165, 1.54) is 26.7 Å². The van der Waals surface area contributed by atoms with Crippen LogP contribution in [0.4, 0.5) is 17.1 Å². The van der Waals surface area contributed by atoms with Crippen molar-refractivity contribution in [2.24, 2.45) is 0 Å². The normalized spacial score (nSPS) is 11.1. The van der Waals surface area contributed by atoms with E-state index in [0.29, 0.717) is 0 Å². The molecule has 0 unspecified atom stereocenters. The largest absolute Gasteiger partial charge is 0.457 e. The average Bonchev–Trinajstić information content (AvgIpc) is 3.39. The molecule has 7 rings (SSSR count). The third-order valence-corrected chi connectivity index (χ3v) is 8.01. The summed E-state index contributed by atoms with van der Waals surface area (Å²) in [6.45, 7) is 0. The van der Waals surface area contributed by atoms with Gasteiger partial charge in [0, 0.05) is 26.4 Å². The van der Waals surface area contributed by atoms with E-state index in [1.807, 2.05) is 72.8 Å². The number of fused-ring (bicyclic) bond motifs is 3. The number of nitrogens with zero attached hydrogens (tertiary/aromatic N) is 1. The molecule has 0 aliphatic heterocycles. The van der Waals surface area contributed by atoms with Gasteiger partial charge in [0.15, 0.2) is 0 Å². The summed E-state index contributed by atoms with van der Waals surface area (Å²) >= 11 is 7.25. The van der Waals surface area contributed by atoms with Crippen LogP contribution in [0.15, 0.2) is 161 Å². The van der Waals surface area contributed by atoms with Crippen molar-refractivity contribution >= 4 is 48.9 Å². The zero-order valence-electron chi connectivity index (χ0n) is 22.3. The fraction of sp³-hybridized carbons (Fsp3) is 0.0270. The van der Waals surface area contributed by atoms with Gasteiger partial charge in [-0.3, -0.25) is 0 Å². The number of para-hydroxylation sites is 3. The molecule has 0 saturated heterocycles. The number of hydrogen-bond donors (Lipinski definition) is 0. The van der Waals surface area contributed by atoms with Gasteiger partial charge < -0.3 is 9.64 Å². The average molecular weight is 661 g/mol. The molecule has 0 amide bonds. The summed E-state index contributed by atoms with van der Waals surface area (Å²) in [5.74, 6) is 1.59. The molecule has 0 radical (unpaired) electrons. The summed E-state index contributed by atoms with van der Waals surface area (Å²) in [4.78, 5) is 2.21. The van der Waals surface area contributed by atoms with Crippen LogP contribution in [0.5, 0.6) is 11.5 Å². The predicted octanol–water partition coefficient (Wildman–Crippen LogP) is 11.7. The number of ether oxygens (including phenoxy) is 1. The second kappa shape index (κ2) is 12.6. The second-order valence-corrected chi connectivity index (χ2v) is 11.4. The molecule has 0 heterocycles. The molecule has 0 bridgehead atoms. The number of hydrogen-bond acceptors (Lipinski definition) is 2. The lowest BCUT2D eigenvalue weighted by molar-refractivity contribution is 0.482. The van der Waals surface area contributed by atoms with Gasteiger partial charge in [-0.05, 0) is 83.3 Å². The van der Waals surface area contributed by atoms with Crippen LogP contribution >= 0.6 is 31.9 Å². The maximum Gasteiger partial charge on any atom is 0.130 e. The zero-order chi connectivity index (χ0) is 28.0. The summed E-state index contributed by atoms with van der Waals surface area (Å²) in [5, 5.41) is 0. The molecule has 200 valence electrons. The molecule has 2 nitrogen and oxygen atoms in total. The summed E-state index contributed by atoms with van der Waals surface area (Å²) in [5.41, 5.74) is 8.83. The predicted molar refractivity (Wildman–Crippen MR) is 178 cm³/mol. The van der Waals surface area contributed by atoms with Crippen LogP contribution in [0.25, 0.3) is 11.1 Å². The van der Waals surface area contributed by atoms with Gasteiger partial charge in [-0.25, -0.2) is 0 Å². The van der Waals surface area contributed by atoms with E-state index in [2.05, 4.69) is 116 Å². The first kappa shape index (κ1) is 27.1. The zero-order valence-corrected chi connectivity index (χ0v) is 25.4. The fourth-order valence-electron chi connectivity index (χ4n) is 5.10. The summed E-state index contributed by atoms with van der Waals surface area (Å²) < 4.78 is 8.23. The van der Waals surface area contributed by atoms with Gasteiger partial charge in [0.2, 0.25) is 0 Å². The van der Waals surface area contributed by atoms with Gasteiger partial charge in [0.05, 0.1) is 5.69 Å². The molecule has 0 atom stereocenters. The quantitative estimate of drug-likeness (QED) is 0.182. The Bertz CT molecular complexity index is 1720. The van der Waals surface area contributed by atoms with Crippen molar-refractivity contribution in [3.8, 4) is 22.6 Å². The lowest BCUT2D eigenvalue weighted by atomic mass is 10.1. The molecule has 0 aromatic heterocycles. The maximum atomic E-state index is 6.07. The SMILES string of the molecule is Brc1cc(Oc2ccccc2)cc(N(c2ccccc2)c2ccccc2)c1.Brc1cccc2c1-c1ccccc1C2. The molecule has 1 aliphatic rings. The molecule has 0 spiro atoms. The smallest absolute Gasteiger partial charge is 0.130 e. The Hall–Kier alpha value is -4.12.